The Morgan fingerprint density at radius 2 is 2.15 bits per heavy atom. The van der Waals surface area contributed by atoms with Crippen LogP contribution in [-0.4, -0.2) is 44.1 Å². The SMILES string of the molecule is COCC(=O)N(OC)C(C)CC=O. The first-order valence-corrected chi connectivity index (χ1v) is 3.96. The smallest absolute Gasteiger partial charge is 0.272 e. The first-order valence-electron chi connectivity index (χ1n) is 3.96. The molecule has 0 aliphatic rings. The van der Waals surface area contributed by atoms with Gasteiger partial charge in [-0.15, -0.1) is 0 Å². The number of aldehydes is 1. The van der Waals surface area contributed by atoms with Gasteiger partial charge in [0.15, 0.2) is 0 Å². The van der Waals surface area contributed by atoms with Crippen LogP contribution in [0.1, 0.15) is 13.3 Å². The summed E-state index contributed by atoms with van der Waals surface area (Å²) in [6.07, 6.45) is 1.00. The van der Waals surface area contributed by atoms with Crippen LogP contribution in [0.5, 0.6) is 0 Å². The minimum atomic E-state index is -0.292. The fourth-order valence-electron chi connectivity index (χ4n) is 0.950. The van der Waals surface area contributed by atoms with Crippen LogP contribution < -0.4 is 0 Å². The van der Waals surface area contributed by atoms with Crippen molar-refractivity contribution in [1.29, 1.82) is 0 Å². The number of rotatable bonds is 6. The van der Waals surface area contributed by atoms with E-state index in [2.05, 4.69) is 4.74 Å². The topological polar surface area (TPSA) is 55.8 Å². The molecule has 0 aromatic rings. The summed E-state index contributed by atoms with van der Waals surface area (Å²) >= 11 is 0. The average Bonchev–Trinajstić information content (AvgIpc) is 2.06. The molecule has 5 nitrogen and oxygen atoms in total. The Kier molecular flexibility index (Phi) is 6.09. The van der Waals surface area contributed by atoms with E-state index >= 15 is 0 Å². The normalized spacial score (nSPS) is 12.2. The maximum Gasteiger partial charge on any atom is 0.272 e. The first kappa shape index (κ1) is 12.1. The highest BCUT2D eigenvalue weighted by molar-refractivity contribution is 5.77. The molecular formula is C8H15NO4. The van der Waals surface area contributed by atoms with Gasteiger partial charge in [-0.2, -0.15) is 0 Å². The second kappa shape index (κ2) is 6.56. The second-order valence-corrected chi connectivity index (χ2v) is 2.59. The van der Waals surface area contributed by atoms with E-state index in [4.69, 9.17) is 4.84 Å². The number of nitrogens with zero attached hydrogens (tertiary/aromatic N) is 1. The fourth-order valence-corrected chi connectivity index (χ4v) is 0.950. The first-order chi connectivity index (χ1) is 6.17. The molecule has 0 radical (unpaired) electrons. The van der Waals surface area contributed by atoms with Crippen LogP contribution in [0.25, 0.3) is 0 Å². The molecule has 0 spiro atoms. The molecule has 0 aromatic heterocycles. The lowest BCUT2D eigenvalue weighted by atomic mass is 10.2. The van der Waals surface area contributed by atoms with Gasteiger partial charge in [0.1, 0.15) is 12.9 Å². The molecule has 0 aliphatic heterocycles. The zero-order valence-corrected chi connectivity index (χ0v) is 8.15. The molecule has 0 rings (SSSR count). The van der Waals surface area contributed by atoms with Gasteiger partial charge < -0.3 is 9.53 Å². The predicted molar refractivity (Wildman–Crippen MR) is 45.9 cm³/mol. The summed E-state index contributed by atoms with van der Waals surface area (Å²) in [5, 5.41) is 1.14. The number of hydrogen-bond acceptors (Lipinski definition) is 4. The van der Waals surface area contributed by atoms with Gasteiger partial charge in [0, 0.05) is 13.5 Å². The molecule has 5 heteroatoms. The van der Waals surface area contributed by atoms with Gasteiger partial charge >= 0.3 is 0 Å². The van der Waals surface area contributed by atoms with Gasteiger partial charge in [-0.25, -0.2) is 5.06 Å². The maximum atomic E-state index is 11.3. The summed E-state index contributed by atoms with van der Waals surface area (Å²) in [4.78, 5) is 26.3. The van der Waals surface area contributed by atoms with Crippen LogP contribution >= 0.6 is 0 Å². The summed E-state index contributed by atoms with van der Waals surface area (Å²) in [5.41, 5.74) is 0. The lowest BCUT2D eigenvalue weighted by Crippen LogP contribution is -2.39. The Labute approximate surface area is 77.6 Å². The van der Waals surface area contributed by atoms with Crippen LogP contribution in [0.3, 0.4) is 0 Å². The van der Waals surface area contributed by atoms with Crippen LogP contribution in [-0.2, 0) is 19.2 Å². The Bertz CT molecular complexity index is 172. The van der Waals surface area contributed by atoms with Crippen molar-refractivity contribution < 1.29 is 19.2 Å². The Morgan fingerprint density at radius 3 is 2.54 bits per heavy atom. The van der Waals surface area contributed by atoms with Crippen molar-refractivity contribution in [2.75, 3.05) is 20.8 Å². The number of hydrogen-bond donors (Lipinski definition) is 0. The average molecular weight is 189 g/mol. The van der Waals surface area contributed by atoms with Crippen molar-refractivity contribution in [2.24, 2.45) is 0 Å². The Balaban J connectivity index is 4.13. The van der Waals surface area contributed by atoms with E-state index in [1.165, 1.54) is 14.2 Å². The van der Waals surface area contributed by atoms with Gasteiger partial charge in [-0.1, -0.05) is 0 Å². The minimum Gasteiger partial charge on any atom is -0.375 e. The monoisotopic (exact) mass is 189 g/mol. The zero-order valence-electron chi connectivity index (χ0n) is 8.15. The fraction of sp³-hybridized carbons (Fsp3) is 0.750. The van der Waals surface area contributed by atoms with Crippen molar-refractivity contribution >= 4 is 12.2 Å². The third-order valence-corrected chi connectivity index (χ3v) is 1.55. The van der Waals surface area contributed by atoms with E-state index < -0.39 is 0 Å². The lowest BCUT2D eigenvalue weighted by Gasteiger charge is -2.24. The van der Waals surface area contributed by atoms with Crippen molar-refractivity contribution in [3.05, 3.63) is 0 Å². The van der Waals surface area contributed by atoms with Gasteiger partial charge in [0.05, 0.1) is 13.2 Å². The quantitative estimate of drug-likeness (QED) is 0.436. The van der Waals surface area contributed by atoms with E-state index in [0.717, 1.165) is 11.3 Å². The van der Waals surface area contributed by atoms with Gasteiger partial charge in [0.25, 0.3) is 5.91 Å². The molecular weight excluding hydrogens is 174 g/mol. The highest BCUT2D eigenvalue weighted by atomic mass is 16.7. The third-order valence-electron chi connectivity index (χ3n) is 1.55. The van der Waals surface area contributed by atoms with Crippen LogP contribution in [0.15, 0.2) is 0 Å². The summed E-state index contributed by atoms with van der Waals surface area (Å²) < 4.78 is 4.66. The summed E-state index contributed by atoms with van der Waals surface area (Å²) in [7, 11) is 2.81. The maximum absolute atomic E-state index is 11.3. The molecule has 0 N–H and O–H groups in total. The number of ether oxygens (including phenoxy) is 1. The van der Waals surface area contributed by atoms with Crippen molar-refractivity contribution in [2.45, 2.75) is 19.4 Å². The van der Waals surface area contributed by atoms with E-state index in [1.54, 1.807) is 6.92 Å². The van der Waals surface area contributed by atoms with E-state index in [9.17, 15) is 9.59 Å². The number of methoxy groups -OCH3 is 1. The number of carbonyl (C=O) groups excluding carboxylic acids is 2. The zero-order chi connectivity index (χ0) is 10.3. The minimum absolute atomic E-state index is 0.0446. The van der Waals surface area contributed by atoms with Crippen molar-refractivity contribution in [3.63, 3.8) is 0 Å². The summed E-state index contributed by atoms with van der Waals surface area (Å²) in [5.74, 6) is -0.292. The van der Waals surface area contributed by atoms with Gasteiger partial charge in [-0.3, -0.25) is 9.63 Å². The van der Waals surface area contributed by atoms with Crippen LogP contribution in [0.4, 0.5) is 0 Å². The molecule has 0 aromatic carbocycles. The van der Waals surface area contributed by atoms with Gasteiger partial charge in [-0.05, 0) is 6.92 Å². The summed E-state index contributed by atoms with van der Waals surface area (Å²) in [6, 6.07) is -0.259. The van der Waals surface area contributed by atoms with Crippen molar-refractivity contribution in [1.82, 2.24) is 5.06 Å². The highest BCUT2D eigenvalue weighted by Gasteiger charge is 2.19. The molecule has 0 heterocycles. The standard InChI is InChI=1S/C8H15NO4/c1-7(4-5-10)9(13-3)8(11)6-12-2/h5,7H,4,6H2,1-3H3. The molecule has 0 saturated heterocycles. The largest absolute Gasteiger partial charge is 0.375 e. The van der Waals surface area contributed by atoms with E-state index in [-0.39, 0.29) is 25.0 Å². The number of amides is 1. The molecule has 13 heavy (non-hydrogen) atoms. The Morgan fingerprint density at radius 1 is 1.54 bits per heavy atom. The van der Waals surface area contributed by atoms with E-state index in [1.807, 2.05) is 0 Å². The molecule has 0 aliphatic carbocycles. The summed E-state index contributed by atoms with van der Waals surface area (Å²) in [6.45, 7) is 1.68. The highest BCUT2D eigenvalue weighted by Crippen LogP contribution is 2.02. The molecule has 0 saturated carbocycles. The predicted octanol–water partition coefficient (Wildman–Crippen LogP) is 0.000300. The molecule has 0 fully saturated rings. The second-order valence-electron chi connectivity index (χ2n) is 2.59. The van der Waals surface area contributed by atoms with E-state index in [0.29, 0.717) is 0 Å². The molecule has 1 amide bonds. The third kappa shape index (κ3) is 4.00. The number of carbonyl (C=O) groups is 2. The molecule has 1 unspecified atom stereocenters. The molecule has 76 valence electrons. The van der Waals surface area contributed by atoms with Crippen LogP contribution in [0, 0.1) is 0 Å². The number of hydroxylamine groups is 2. The van der Waals surface area contributed by atoms with Crippen LogP contribution in [0.2, 0.25) is 0 Å². The lowest BCUT2D eigenvalue weighted by molar-refractivity contribution is -0.190. The van der Waals surface area contributed by atoms with Gasteiger partial charge in [0.2, 0.25) is 0 Å². The molecule has 1 atom stereocenters. The molecule has 0 bridgehead atoms. The Hall–Kier alpha value is -0.940. The van der Waals surface area contributed by atoms with Crippen molar-refractivity contribution in [3.8, 4) is 0 Å².